The number of carboxylic acids is 1. The van der Waals surface area contributed by atoms with Crippen LogP contribution in [0.5, 0.6) is 11.5 Å². The highest BCUT2D eigenvalue weighted by molar-refractivity contribution is 5.66. The second-order valence-corrected chi connectivity index (χ2v) is 11.6. The summed E-state index contributed by atoms with van der Waals surface area (Å²) in [5.74, 6) is 0.438. The van der Waals surface area contributed by atoms with E-state index in [4.69, 9.17) is 19.7 Å². The first-order chi connectivity index (χ1) is 21.9. The molecule has 1 aliphatic rings. The highest BCUT2D eigenvalue weighted by atomic mass is 16.7. The van der Waals surface area contributed by atoms with E-state index in [-0.39, 0.29) is 12.5 Å². The molecule has 0 amide bonds. The number of carboxylic acid groups (broad SMARTS) is 2. The van der Waals surface area contributed by atoms with Crippen LogP contribution in [-0.4, -0.2) is 40.3 Å². The Labute approximate surface area is 265 Å². The van der Waals surface area contributed by atoms with Gasteiger partial charge in [0.05, 0.1) is 0 Å². The van der Waals surface area contributed by atoms with E-state index < -0.39 is 12.1 Å². The number of ether oxygens (including phenoxy) is 2. The maximum Gasteiger partial charge on any atom is 0.511 e. The average Bonchev–Trinajstić information content (AvgIpc) is 3.46. The molecule has 0 fully saturated rings. The number of nitrogens with zero attached hydrogens (tertiary/aromatic N) is 1. The van der Waals surface area contributed by atoms with E-state index >= 15 is 0 Å². The zero-order valence-electron chi connectivity index (χ0n) is 25.6. The van der Waals surface area contributed by atoms with Gasteiger partial charge in [0.1, 0.15) is 18.1 Å². The quantitative estimate of drug-likeness (QED) is 0.0759. The molecule has 1 atom stereocenters. The number of aryl methyl sites for hydroxylation is 3. The van der Waals surface area contributed by atoms with Crippen molar-refractivity contribution in [1.82, 2.24) is 4.90 Å². The standard InChI is InChI=1S/C38H41NO6/c40-37(41)12-6-7-24-39(35-22-19-32-26-33(45-38(42)43)20-21-34(32)35)25-23-31-10-4-5-11-36(31)44-27-30-17-15-29(16-18-30)14-13-28-8-2-1-3-9-28/h1-5,8-11,15-18,20-21,26,35H,6-7,12-14,19,22-25,27H2,(H,40,41)(H,42,43). The molecule has 0 bridgehead atoms. The number of para-hydroxylation sites is 1. The van der Waals surface area contributed by atoms with Crippen LogP contribution in [0.4, 0.5) is 4.79 Å². The fraction of sp³-hybridized carbons (Fsp3) is 0.316. The van der Waals surface area contributed by atoms with Gasteiger partial charge in [-0.25, -0.2) is 4.79 Å². The Hall–Kier alpha value is -4.62. The summed E-state index contributed by atoms with van der Waals surface area (Å²) in [5.41, 5.74) is 7.20. The van der Waals surface area contributed by atoms with Gasteiger partial charge in [0.25, 0.3) is 0 Å². The summed E-state index contributed by atoms with van der Waals surface area (Å²) in [7, 11) is 0. The highest BCUT2D eigenvalue weighted by Crippen LogP contribution is 2.38. The van der Waals surface area contributed by atoms with Crippen molar-refractivity contribution in [1.29, 1.82) is 0 Å². The topological polar surface area (TPSA) is 96.3 Å². The predicted molar refractivity (Wildman–Crippen MR) is 174 cm³/mol. The Kier molecular flexibility index (Phi) is 11.2. The lowest BCUT2D eigenvalue weighted by atomic mass is 10.0. The Morgan fingerprint density at radius 3 is 2.22 bits per heavy atom. The lowest BCUT2D eigenvalue weighted by Gasteiger charge is -2.30. The molecule has 0 saturated heterocycles. The molecule has 0 aromatic heterocycles. The smallest absolute Gasteiger partial charge is 0.489 e. The number of unbranched alkanes of at least 4 members (excludes halogenated alkanes) is 1. The van der Waals surface area contributed by atoms with E-state index in [1.54, 1.807) is 6.07 Å². The van der Waals surface area contributed by atoms with Crippen LogP contribution in [-0.2, 0) is 37.1 Å². The number of aliphatic carboxylic acids is 1. The van der Waals surface area contributed by atoms with Crippen LogP contribution in [0.1, 0.15) is 65.1 Å². The minimum Gasteiger partial charge on any atom is -0.489 e. The molecular weight excluding hydrogens is 566 g/mol. The molecule has 7 nitrogen and oxygen atoms in total. The highest BCUT2D eigenvalue weighted by Gasteiger charge is 2.28. The molecule has 7 heteroatoms. The molecule has 1 unspecified atom stereocenters. The molecule has 0 saturated carbocycles. The zero-order valence-corrected chi connectivity index (χ0v) is 25.6. The number of rotatable bonds is 16. The van der Waals surface area contributed by atoms with Crippen LogP contribution in [0, 0.1) is 0 Å². The van der Waals surface area contributed by atoms with Crippen molar-refractivity contribution in [3.05, 3.63) is 130 Å². The Morgan fingerprint density at radius 1 is 0.756 bits per heavy atom. The summed E-state index contributed by atoms with van der Waals surface area (Å²) in [4.78, 5) is 24.6. The molecule has 4 aromatic rings. The first-order valence-electron chi connectivity index (χ1n) is 15.8. The maximum absolute atomic E-state index is 11.1. The number of benzene rings is 4. The maximum atomic E-state index is 11.1. The molecule has 1 aliphatic carbocycles. The summed E-state index contributed by atoms with van der Waals surface area (Å²) in [6.07, 6.45) is 4.84. The molecule has 0 aliphatic heterocycles. The minimum absolute atomic E-state index is 0.162. The summed E-state index contributed by atoms with van der Waals surface area (Å²) in [6.45, 7) is 2.07. The number of hydrogen-bond donors (Lipinski definition) is 2. The third-order valence-electron chi connectivity index (χ3n) is 8.50. The third kappa shape index (κ3) is 9.43. The summed E-state index contributed by atoms with van der Waals surface area (Å²) >= 11 is 0. The molecule has 5 rings (SSSR count). The van der Waals surface area contributed by atoms with Crippen LogP contribution < -0.4 is 9.47 Å². The average molecular weight is 608 g/mol. The molecule has 0 spiro atoms. The van der Waals surface area contributed by atoms with Crippen molar-refractivity contribution < 1.29 is 29.3 Å². The monoisotopic (exact) mass is 607 g/mol. The lowest BCUT2D eigenvalue weighted by Crippen LogP contribution is -2.31. The Morgan fingerprint density at radius 2 is 1.47 bits per heavy atom. The minimum atomic E-state index is -1.32. The Balaban J connectivity index is 1.20. The normalized spacial score (nSPS) is 13.8. The van der Waals surface area contributed by atoms with Crippen molar-refractivity contribution in [3.8, 4) is 11.5 Å². The Bertz CT molecular complexity index is 1550. The molecule has 234 valence electrons. The van der Waals surface area contributed by atoms with Crippen LogP contribution in [0.25, 0.3) is 0 Å². The predicted octanol–water partition coefficient (Wildman–Crippen LogP) is 7.89. The lowest BCUT2D eigenvalue weighted by molar-refractivity contribution is -0.137. The number of fused-ring (bicyclic) bond motifs is 1. The molecule has 0 heterocycles. The van der Waals surface area contributed by atoms with Gasteiger partial charge in [0.2, 0.25) is 0 Å². The number of hydrogen-bond acceptors (Lipinski definition) is 5. The largest absolute Gasteiger partial charge is 0.511 e. The van der Waals surface area contributed by atoms with Gasteiger partial charge in [-0.05, 0) is 103 Å². The molecule has 4 aromatic carbocycles. The van der Waals surface area contributed by atoms with E-state index in [2.05, 4.69) is 59.5 Å². The summed E-state index contributed by atoms with van der Waals surface area (Å²) < 4.78 is 11.2. The first kappa shape index (κ1) is 31.8. The molecule has 45 heavy (non-hydrogen) atoms. The SMILES string of the molecule is O=C(O)CCCCN(CCc1ccccc1OCc1ccc(CCc2ccccc2)cc1)C1CCc2cc(OC(=O)O)ccc21. The van der Waals surface area contributed by atoms with E-state index in [0.29, 0.717) is 18.8 Å². The van der Waals surface area contributed by atoms with Gasteiger partial charge >= 0.3 is 12.1 Å². The van der Waals surface area contributed by atoms with Crippen LogP contribution in [0.2, 0.25) is 0 Å². The van der Waals surface area contributed by atoms with Gasteiger partial charge in [0, 0.05) is 19.0 Å². The fourth-order valence-electron chi connectivity index (χ4n) is 6.14. The van der Waals surface area contributed by atoms with Gasteiger partial charge in [0.15, 0.2) is 0 Å². The van der Waals surface area contributed by atoms with Crippen LogP contribution >= 0.6 is 0 Å². The third-order valence-corrected chi connectivity index (χ3v) is 8.50. The van der Waals surface area contributed by atoms with Crippen molar-refractivity contribution in [2.45, 2.75) is 64.0 Å². The zero-order chi connectivity index (χ0) is 31.4. The van der Waals surface area contributed by atoms with E-state index in [1.165, 1.54) is 16.7 Å². The molecule has 2 N–H and O–H groups in total. The summed E-state index contributed by atoms with van der Waals surface area (Å²) in [5, 5.41) is 18.1. The van der Waals surface area contributed by atoms with Crippen LogP contribution in [0.3, 0.4) is 0 Å². The van der Waals surface area contributed by atoms with E-state index in [1.807, 2.05) is 36.4 Å². The van der Waals surface area contributed by atoms with Crippen LogP contribution in [0.15, 0.2) is 97.1 Å². The van der Waals surface area contributed by atoms with Crippen molar-refractivity contribution in [3.63, 3.8) is 0 Å². The second-order valence-electron chi connectivity index (χ2n) is 11.6. The number of carbonyl (C=O) groups is 2. The second kappa shape index (κ2) is 15.9. The van der Waals surface area contributed by atoms with Gasteiger partial charge in [-0.3, -0.25) is 9.69 Å². The van der Waals surface area contributed by atoms with E-state index in [0.717, 1.165) is 74.1 Å². The van der Waals surface area contributed by atoms with Gasteiger partial charge < -0.3 is 19.7 Å². The van der Waals surface area contributed by atoms with Gasteiger partial charge in [-0.15, -0.1) is 0 Å². The molecular formula is C38H41NO6. The van der Waals surface area contributed by atoms with E-state index in [9.17, 15) is 9.59 Å². The van der Waals surface area contributed by atoms with Crippen molar-refractivity contribution >= 4 is 12.1 Å². The molecule has 0 radical (unpaired) electrons. The fourth-order valence-corrected chi connectivity index (χ4v) is 6.14. The van der Waals surface area contributed by atoms with Crippen molar-refractivity contribution in [2.24, 2.45) is 0 Å². The first-order valence-corrected chi connectivity index (χ1v) is 15.8. The van der Waals surface area contributed by atoms with Gasteiger partial charge in [-0.2, -0.15) is 0 Å². The van der Waals surface area contributed by atoms with Gasteiger partial charge in [-0.1, -0.05) is 78.9 Å². The van der Waals surface area contributed by atoms with Crippen molar-refractivity contribution in [2.75, 3.05) is 13.1 Å². The summed E-state index contributed by atoms with van der Waals surface area (Å²) in [6, 6.07) is 33.1.